The topological polar surface area (TPSA) is 24.9 Å². The Kier molecular flexibility index (Phi) is 4.81. The second-order valence-corrected chi connectivity index (χ2v) is 6.61. The van der Waals surface area contributed by atoms with E-state index in [0.29, 0.717) is 0 Å². The largest absolute Gasteiger partial charge is 0.377 e. The van der Waals surface area contributed by atoms with Gasteiger partial charge in [-0.3, -0.25) is 4.98 Å². The van der Waals surface area contributed by atoms with Crippen molar-refractivity contribution in [2.45, 2.75) is 13.0 Å². The fraction of sp³-hybridized carbons (Fsp3) is 0.154. The number of nitrogens with zero attached hydrogens (tertiary/aromatic N) is 1. The number of halogens is 3. The van der Waals surface area contributed by atoms with Crippen molar-refractivity contribution in [1.82, 2.24) is 4.98 Å². The van der Waals surface area contributed by atoms with Crippen molar-refractivity contribution in [1.29, 1.82) is 0 Å². The zero-order valence-corrected chi connectivity index (χ0v) is 14.4. The third-order valence-corrected chi connectivity index (χ3v) is 4.13. The number of hydrogen-bond donors (Lipinski definition) is 1. The minimum Gasteiger partial charge on any atom is -0.377 e. The van der Waals surface area contributed by atoms with E-state index in [-0.39, 0.29) is 6.04 Å². The first-order valence-corrected chi connectivity index (χ1v) is 7.76. The molecule has 0 bridgehead atoms. The van der Waals surface area contributed by atoms with Crippen molar-refractivity contribution >= 4 is 53.5 Å². The van der Waals surface area contributed by atoms with Gasteiger partial charge in [0.2, 0.25) is 0 Å². The second-order valence-electron chi connectivity index (χ2n) is 3.92. The molecule has 1 atom stereocenters. The van der Waals surface area contributed by atoms with Crippen LogP contribution in [0.25, 0.3) is 0 Å². The average molecular weight is 435 g/mol. The van der Waals surface area contributed by atoms with Gasteiger partial charge in [-0.2, -0.15) is 0 Å². The molecule has 1 heterocycles. The molecule has 18 heavy (non-hydrogen) atoms. The lowest BCUT2D eigenvalue weighted by Crippen LogP contribution is -2.07. The lowest BCUT2D eigenvalue weighted by molar-refractivity contribution is 0.876. The Bertz CT molecular complexity index is 558. The predicted molar refractivity (Wildman–Crippen MR) is 85.8 cm³/mol. The smallest absolute Gasteiger partial charge is 0.0542 e. The third-order valence-electron chi connectivity index (χ3n) is 2.52. The molecule has 0 amide bonds. The Labute approximate surface area is 132 Å². The fourth-order valence-corrected chi connectivity index (χ4v) is 3.43. The molecule has 0 spiro atoms. The van der Waals surface area contributed by atoms with Gasteiger partial charge in [0.05, 0.1) is 11.9 Å². The third kappa shape index (κ3) is 3.56. The van der Waals surface area contributed by atoms with Gasteiger partial charge >= 0.3 is 0 Å². The molecule has 1 unspecified atom stereocenters. The molecule has 0 aliphatic carbocycles. The summed E-state index contributed by atoms with van der Waals surface area (Å²) in [7, 11) is 0. The monoisotopic (exact) mass is 432 g/mol. The highest BCUT2D eigenvalue weighted by Crippen LogP contribution is 2.29. The summed E-state index contributed by atoms with van der Waals surface area (Å²) < 4.78 is 3.11. The molecule has 0 saturated heterocycles. The highest BCUT2D eigenvalue weighted by molar-refractivity contribution is 9.11. The molecule has 2 rings (SSSR count). The molecule has 2 aromatic rings. The predicted octanol–water partition coefficient (Wildman–Crippen LogP) is 5.54. The number of anilines is 1. The first-order chi connectivity index (χ1) is 8.56. The van der Waals surface area contributed by atoms with Crippen molar-refractivity contribution in [3.05, 3.63) is 55.6 Å². The van der Waals surface area contributed by atoms with Gasteiger partial charge in [-0.1, -0.05) is 37.9 Å². The van der Waals surface area contributed by atoms with Crippen LogP contribution in [-0.2, 0) is 0 Å². The van der Waals surface area contributed by atoms with Crippen molar-refractivity contribution in [3.8, 4) is 0 Å². The maximum atomic E-state index is 4.14. The molecule has 1 aromatic heterocycles. The first kappa shape index (κ1) is 14.0. The number of aromatic nitrogens is 1. The summed E-state index contributed by atoms with van der Waals surface area (Å²) in [6.07, 6.45) is 3.58. The van der Waals surface area contributed by atoms with Crippen molar-refractivity contribution in [2.75, 3.05) is 5.32 Å². The molecule has 0 saturated carbocycles. The van der Waals surface area contributed by atoms with E-state index in [2.05, 4.69) is 71.1 Å². The molecule has 1 aromatic carbocycles. The zero-order valence-electron chi connectivity index (χ0n) is 9.62. The lowest BCUT2D eigenvalue weighted by atomic mass is 10.1. The van der Waals surface area contributed by atoms with E-state index >= 15 is 0 Å². The number of hydrogen-bond acceptors (Lipinski definition) is 2. The van der Waals surface area contributed by atoms with E-state index in [1.54, 1.807) is 6.20 Å². The first-order valence-electron chi connectivity index (χ1n) is 5.38. The number of benzene rings is 1. The molecule has 0 aliphatic rings. The SMILES string of the molecule is CC(Nc1cncc(Br)c1)c1ccc(Br)cc1Br. The summed E-state index contributed by atoms with van der Waals surface area (Å²) in [5.74, 6) is 0. The van der Waals surface area contributed by atoms with Crippen molar-refractivity contribution < 1.29 is 0 Å². The van der Waals surface area contributed by atoms with Gasteiger partial charge in [0.15, 0.2) is 0 Å². The number of rotatable bonds is 3. The molecule has 5 heteroatoms. The molecule has 0 radical (unpaired) electrons. The minimum atomic E-state index is 0.198. The quantitative estimate of drug-likeness (QED) is 0.685. The number of nitrogens with one attached hydrogen (secondary N) is 1. The van der Waals surface area contributed by atoms with Crippen LogP contribution in [0.3, 0.4) is 0 Å². The summed E-state index contributed by atoms with van der Waals surface area (Å²) >= 11 is 10.5. The van der Waals surface area contributed by atoms with Gasteiger partial charge in [0.1, 0.15) is 0 Å². The van der Waals surface area contributed by atoms with E-state index in [1.165, 1.54) is 5.56 Å². The van der Waals surface area contributed by atoms with Crippen LogP contribution in [0.1, 0.15) is 18.5 Å². The summed E-state index contributed by atoms with van der Waals surface area (Å²) in [5, 5.41) is 3.42. The highest BCUT2D eigenvalue weighted by Gasteiger charge is 2.09. The van der Waals surface area contributed by atoms with Crippen LogP contribution in [-0.4, -0.2) is 4.98 Å². The van der Waals surface area contributed by atoms with Crippen LogP contribution < -0.4 is 5.32 Å². The molecule has 1 N–H and O–H groups in total. The fourth-order valence-electron chi connectivity index (χ4n) is 1.67. The molecule has 2 nitrogen and oxygen atoms in total. The van der Waals surface area contributed by atoms with E-state index in [9.17, 15) is 0 Å². The lowest BCUT2D eigenvalue weighted by Gasteiger charge is -2.17. The Morgan fingerprint density at radius 2 is 1.83 bits per heavy atom. The van der Waals surface area contributed by atoms with Crippen molar-refractivity contribution in [3.63, 3.8) is 0 Å². The van der Waals surface area contributed by atoms with E-state index in [4.69, 9.17) is 0 Å². The van der Waals surface area contributed by atoms with Crippen LogP contribution in [0.15, 0.2) is 50.1 Å². The Morgan fingerprint density at radius 1 is 1.06 bits per heavy atom. The van der Waals surface area contributed by atoms with Crippen molar-refractivity contribution in [2.24, 2.45) is 0 Å². The molecule has 0 aliphatic heterocycles. The average Bonchev–Trinajstić information content (AvgIpc) is 2.28. The molecular formula is C13H11Br3N2. The second kappa shape index (κ2) is 6.17. The summed E-state index contributed by atoms with van der Waals surface area (Å²) in [6, 6.07) is 8.39. The summed E-state index contributed by atoms with van der Waals surface area (Å²) in [4.78, 5) is 4.14. The number of pyridine rings is 1. The van der Waals surface area contributed by atoms with Gasteiger partial charge in [-0.15, -0.1) is 0 Å². The van der Waals surface area contributed by atoms with Gasteiger partial charge in [-0.25, -0.2) is 0 Å². The molecule has 94 valence electrons. The maximum Gasteiger partial charge on any atom is 0.0542 e. The standard InChI is InChI=1S/C13H11Br3N2/c1-8(12-3-2-9(14)5-13(12)16)18-11-4-10(15)6-17-7-11/h2-8,18H,1H3. The van der Waals surface area contributed by atoms with E-state index < -0.39 is 0 Å². The van der Waals surface area contributed by atoms with Crippen LogP contribution in [0.5, 0.6) is 0 Å². The van der Waals surface area contributed by atoms with Crippen LogP contribution in [0.2, 0.25) is 0 Å². The zero-order chi connectivity index (χ0) is 13.1. The Balaban J connectivity index is 2.19. The van der Waals surface area contributed by atoms with Gasteiger partial charge < -0.3 is 5.32 Å². The minimum absolute atomic E-state index is 0.198. The normalized spacial score (nSPS) is 12.2. The van der Waals surface area contributed by atoms with Crippen LogP contribution in [0, 0.1) is 0 Å². The van der Waals surface area contributed by atoms with E-state index in [1.807, 2.05) is 24.4 Å². The molecule has 0 fully saturated rings. The maximum absolute atomic E-state index is 4.14. The summed E-state index contributed by atoms with van der Waals surface area (Å²) in [5.41, 5.74) is 2.20. The summed E-state index contributed by atoms with van der Waals surface area (Å²) in [6.45, 7) is 2.12. The van der Waals surface area contributed by atoms with Gasteiger partial charge in [0.25, 0.3) is 0 Å². The van der Waals surface area contributed by atoms with Crippen LogP contribution in [0.4, 0.5) is 5.69 Å². The van der Waals surface area contributed by atoms with E-state index in [0.717, 1.165) is 19.1 Å². The highest BCUT2D eigenvalue weighted by atomic mass is 79.9. The van der Waals surface area contributed by atoms with Gasteiger partial charge in [-0.05, 0) is 46.6 Å². The Morgan fingerprint density at radius 3 is 2.50 bits per heavy atom. The molecular weight excluding hydrogens is 424 g/mol. The Hall–Kier alpha value is -0.390. The van der Waals surface area contributed by atoms with Gasteiger partial charge in [0, 0.05) is 25.7 Å². The van der Waals surface area contributed by atoms with Crippen LogP contribution >= 0.6 is 47.8 Å².